The molecule has 0 fully saturated rings. The molecule has 22 heavy (non-hydrogen) atoms. The maximum Gasteiger partial charge on any atom is 0.223 e. The van der Waals surface area contributed by atoms with Gasteiger partial charge in [-0.15, -0.1) is 0 Å². The number of ether oxygens (including phenoxy) is 1. The predicted octanol–water partition coefficient (Wildman–Crippen LogP) is 3.92. The average Bonchev–Trinajstić information content (AvgIpc) is 2.90. The van der Waals surface area contributed by atoms with Crippen molar-refractivity contribution >= 4 is 28.5 Å². The van der Waals surface area contributed by atoms with Gasteiger partial charge in [0, 0.05) is 5.39 Å². The molecule has 0 saturated carbocycles. The van der Waals surface area contributed by atoms with Gasteiger partial charge in [0.25, 0.3) is 0 Å². The first-order valence-electron chi connectivity index (χ1n) is 6.82. The fourth-order valence-electron chi connectivity index (χ4n) is 2.22. The van der Waals surface area contributed by atoms with E-state index in [-0.39, 0.29) is 11.5 Å². The number of carbonyl (C=O) groups excluding carboxylic acids is 1. The fraction of sp³-hybridized carbons (Fsp3) is 0.0556. The second-order valence-electron chi connectivity index (χ2n) is 4.82. The third kappa shape index (κ3) is 2.59. The first-order chi connectivity index (χ1) is 10.7. The maximum atomic E-state index is 12.3. The first kappa shape index (κ1) is 13.9. The second kappa shape index (κ2) is 5.77. The Morgan fingerprint density at radius 3 is 2.68 bits per heavy atom. The molecule has 0 amide bonds. The van der Waals surface area contributed by atoms with Gasteiger partial charge in [0.1, 0.15) is 11.3 Å². The summed E-state index contributed by atoms with van der Waals surface area (Å²) in [5.74, 6) is 0.547. The number of carbonyl (C=O) groups is 1. The van der Waals surface area contributed by atoms with Crippen LogP contribution in [-0.4, -0.2) is 12.9 Å². The van der Waals surface area contributed by atoms with Crippen molar-refractivity contribution in [3.8, 4) is 5.75 Å². The first-order valence-corrected chi connectivity index (χ1v) is 6.82. The van der Waals surface area contributed by atoms with Crippen LogP contribution in [0.4, 0.5) is 5.69 Å². The van der Waals surface area contributed by atoms with E-state index < -0.39 is 0 Å². The van der Waals surface area contributed by atoms with Gasteiger partial charge in [0.2, 0.25) is 5.78 Å². The van der Waals surface area contributed by atoms with Crippen LogP contribution in [-0.2, 0) is 0 Å². The summed E-state index contributed by atoms with van der Waals surface area (Å²) in [6, 6.07) is 14.8. The van der Waals surface area contributed by atoms with Crippen molar-refractivity contribution in [2.24, 2.45) is 0 Å². The minimum Gasteiger partial charge on any atom is -0.497 e. The monoisotopic (exact) mass is 293 g/mol. The van der Waals surface area contributed by atoms with Crippen molar-refractivity contribution in [1.29, 1.82) is 0 Å². The van der Waals surface area contributed by atoms with Crippen LogP contribution in [0.5, 0.6) is 5.75 Å². The summed E-state index contributed by atoms with van der Waals surface area (Å²) in [4.78, 5) is 12.3. The Balaban J connectivity index is 1.94. The molecule has 4 heteroatoms. The van der Waals surface area contributed by atoms with Crippen LogP contribution in [0.15, 0.2) is 59.0 Å². The van der Waals surface area contributed by atoms with E-state index in [9.17, 15) is 4.79 Å². The number of nitrogens with two attached hydrogens (primary N) is 1. The van der Waals surface area contributed by atoms with E-state index in [1.54, 1.807) is 31.4 Å². The lowest BCUT2D eigenvalue weighted by Gasteiger charge is -1.97. The summed E-state index contributed by atoms with van der Waals surface area (Å²) in [6.45, 7) is 0. The van der Waals surface area contributed by atoms with E-state index in [2.05, 4.69) is 0 Å². The Labute approximate surface area is 127 Å². The van der Waals surface area contributed by atoms with Gasteiger partial charge < -0.3 is 14.9 Å². The Hall–Kier alpha value is -3.01. The highest BCUT2D eigenvalue weighted by Crippen LogP contribution is 2.31. The number of anilines is 1. The van der Waals surface area contributed by atoms with E-state index in [0.29, 0.717) is 22.4 Å². The van der Waals surface area contributed by atoms with Crippen LogP contribution in [0, 0.1) is 0 Å². The predicted molar refractivity (Wildman–Crippen MR) is 87.0 cm³/mol. The molecule has 0 atom stereocenters. The molecule has 3 aromatic rings. The van der Waals surface area contributed by atoms with Crippen molar-refractivity contribution in [3.63, 3.8) is 0 Å². The molecular formula is C18H15NO3. The van der Waals surface area contributed by atoms with Gasteiger partial charge in [-0.2, -0.15) is 0 Å². The molecular weight excluding hydrogens is 278 g/mol. The largest absolute Gasteiger partial charge is 0.497 e. The highest BCUT2D eigenvalue weighted by atomic mass is 16.5. The van der Waals surface area contributed by atoms with Crippen molar-refractivity contribution < 1.29 is 13.9 Å². The highest BCUT2D eigenvalue weighted by Gasteiger charge is 2.17. The Morgan fingerprint density at radius 1 is 1.18 bits per heavy atom. The topological polar surface area (TPSA) is 65.5 Å². The average molecular weight is 293 g/mol. The van der Waals surface area contributed by atoms with Crippen LogP contribution in [0.2, 0.25) is 0 Å². The molecule has 110 valence electrons. The van der Waals surface area contributed by atoms with Crippen LogP contribution in [0.1, 0.15) is 16.1 Å². The molecule has 2 aromatic carbocycles. The SMILES string of the molecule is COc1ccc2oc(C(=O)C=Cc3ccccc3)c(N)c2c1. The number of methoxy groups -OCH3 is 1. The third-order valence-electron chi connectivity index (χ3n) is 3.38. The van der Waals surface area contributed by atoms with Crippen LogP contribution < -0.4 is 10.5 Å². The van der Waals surface area contributed by atoms with Crippen molar-refractivity contribution in [1.82, 2.24) is 0 Å². The number of allylic oxidation sites excluding steroid dienone is 1. The van der Waals surface area contributed by atoms with Gasteiger partial charge in [-0.3, -0.25) is 4.79 Å². The van der Waals surface area contributed by atoms with Crippen LogP contribution in [0.3, 0.4) is 0 Å². The van der Waals surface area contributed by atoms with Crippen molar-refractivity contribution in [2.75, 3.05) is 12.8 Å². The van der Waals surface area contributed by atoms with Gasteiger partial charge in [-0.1, -0.05) is 36.4 Å². The van der Waals surface area contributed by atoms with Gasteiger partial charge in [0.05, 0.1) is 12.8 Å². The van der Waals surface area contributed by atoms with Gasteiger partial charge in [-0.05, 0) is 29.8 Å². The molecule has 0 aliphatic heterocycles. The minimum absolute atomic E-state index is 0.149. The standard InChI is InChI=1S/C18H15NO3/c1-21-13-8-10-16-14(11-13)17(19)18(22-16)15(20)9-7-12-5-3-2-4-6-12/h2-11H,19H2,1H3. The molecule has 1 heterocycles. The Morgan fingerprint density at radius 2 is 1.95 bits per heavy atom. The van der Waals surface area contributed by atoms with Gasteiger partial charge in [0.15, 0.2) is 5.76 Å². The quantitative estimate of drug-likeness (QED) is 0.585. The zero-order valence-electron chi connectivity index (χ0n) is 12.1. The van der Waals surface area contributed by atoms with Crippen LogP contribution >= 0.6 is 0 Å². The second-order valence-corrected chi connectivity index (χ2v) is 4.82. The summed E-state index contributed by atoms with van der Waals surface area (Å²) >= 11 is 0. The number of ketones is 1. The van der Waals surface area contributed by atoms with Gasteiger partial charge in [-0.25, -0.2) is 0 Å². The number of furan rings is 1. The molecule has 0 saturated heterocycles. The smallest absolute Gasteiger partial charge is 0.223 e. The zero-order valence-corrected chi connectivity index (χ0v) is 12.1. The summed E-state index contributed by atoms with van der Waals surface area (Å²) < 4.78 is 10.7. The lowest BCUT2D eigenvalue weighted by molar-refractivity contribution is 0.102. The minimum atomic E-state index is -0.267. The molecule has 0 spiro atoms. The molecule has 0 aliphatic rings. The third-order valence-corrected chi connectivity index (χ3v) is 3.38. The maximum absolute atomic E-state index is 12.3. The summed E-state index contributed by atoms with van der Waals surface area (Å²) in [7, 11) is 1.58. The number of nitrogen functional groups attached to an aromatic ring is 1. The summed E-state index contributed by atoms with van der Waals surface area (Å²) in [5, 5.41) is 0.677. The number of hydrogen-bond donors (Lipinski definition) is 1. The van der Waals surface area contributed by atoms with Gasteiger partial charge >= 0.3 is 0 Å². The molecule has 1 aromatic heterocycles. The number of hydrogen-bond acceptors (Lipinski definition) is 4. The molecule has 2 N–H and O–H groups in total. The van der Waals surface area contributed by atoms with E-state index in [0.717, 1.165) is 5.56 Å². The lowest BCUT2D eigenvalue weighted by atomic mass is 10.1. The summed E-state index contributed by atoms with van der Waals surface area (Å²) in [6.07, 6.45) is 3.19. The molecule has 3 rings (SSSR count). The molecule has 0 radical (unpaired) electrons. The lowest BCUT2D eigenvalue weighted by Crippen LogP contribution is -1.97. The number of benzene rings is 2. The van der Waals surface area contributed by atoms with Crippen LogP contribution in [0.25, 0.3) is 17.0 Å². The van der Waals surface area contributed by atoms with E-state index in [4.69, 9.17) is 14.9 Å². The van der Waals surface area contributed by atoms with Crippen molar-refractivity contribution in [2.45, 2.75) is 0 Å². The number of fused-ring (bicyclic) bond motifs is 1. The molecule has 0 bridgehead atoms. The zero-order chi connectivity index (χ0) is 15.5. The van der Waals surface area contributed by atoms with E-state index >= 15 is 0 Å². The fourth-order valence-corrected chi connectivity index (χ4v) is 2.22. The Kier molecular flexibility index (Phi) is 3.66. The van der Waals surface area contributed by atoms with E-state index in [1.807, 2.05) is 30.3 Å². The van der Waals surface area contributed by atoms with Crippen molar-refractivity contribution in [3.05, 3.63) is 65.9 Å². The Bertz CT molecular complexity index is 847. The summed E-state index contributed by atoms with van der Waals surface area (Å²) in [5.41, 5.74) is 7.86. The highest BCUT2D eigenvalue weighted by molar-refractivity contribution is 6.12. The molecule has 4 nitrogen and oxygen atoms in total. The molecule has 0 unspecified atom stereocenters. The number of rotatable bonds is 4. The normalized spacial score (nSPS) is 11.1. The molecule has 0 aliphatic carbocycles. The van der Waals surface area contributed by atoms with E-state index in [1.165, 1.54) is 6.08 Å².